The van der Waals surface area contributed by atoms with Crippen molar-refractivity contribution in [1.82, 2.24) is 10.2 Å². The largest absolute Gasteiger partial charge is 0.478 e. The van der Waals surface area contributed by atoms with Crippen molar-refractivity contribution >= 4 is 28.3 Å². The van der Waals surface area contributed by atoms with Crippen LogP contribution in [0.1, 0.15) is 20.7 Å². The third-order valence-corrected chi connectivity index (χ3v) is 3.63. The lowest BCUT2D eigenvalue weighted by molar-refractivity contribution is 0.0692. The van der Waals surface area contributed by atoms with Gasteiger partial charge >= 0.3 is 5.97 Å². The molecule has 0 aliphatic rings. The van der Waals surface area contributed by atoms with Gasteiger partial charge in [-0.15, -0.1) is 10.2 Å². The number of benzene rings is 1. The number of carbonyl (C=O) groups excluding carboxylic acids is 1. The Balaban J connectivity index is 1.82. The Hall–Kier alpha value is -3.00. The smallest absolute Gasteiger partial charge is 0.336 e. The molecule has 0 radical (unpaired) electrons. The van der Waals surface area contributed by atoms with Crippen molar-refractivity contribution in [2.24, 2.45) is 0 Å². The van der Waals surface area contributed by atoms with Gasteiger partial charge in [-0.2, -0.15) is 0 Å². The maximum Gasteiger partial charge on any atom is 0.336 e. The van der Waals surface area contributed by atoms with Crippen LogP contribution < -0.4 is 5.32 Å². The number of aromatic nitrogens is 2. The van der Waals surface area contributed by atoms with Crippen molar-refractivity contribution in [2.45, 2.75) is 0 Å². The lowest BCUT2D eigenvalue weighted by Crippen LogP contribution is -2.16. The molecule has 0 aliphatic carbocycles. The Morgan fingerprint density at radius 1 is 1.09 bits per heavy atom. The predicted molar refractivity (Wildman–Crippen MR) is 79.0 cm³/mol. The zero-order valence-electron chi connectivity index (χ0n) is 11.0. The number of amides is 1. The van der Waals surface area contributed by atoms with E-state index in [0.29, 0.717) is 10.8 Å². The minimum Gasteiger partial charge on any atom is -0.478 e. The highest BCUT2D eigenvalue weighted by Gasteiger charge is 2.18. The van der Waals surface area contributed by atoms with E-state index in [-0.39, 0.29) is 16.3 Å². The van der Waals surface area contributed by atoms with Crippen molar-refractivity contribution in [3.63, 3.8) is 0 Å². The van der Waals surface area contributed by atoms with Crippen molar-refractivity contribution in [3.8, 4) is 10.8 Å². The molecular weight excluding hydrogens is 306 g/mol. The minimum atomic E-state index is -1.17. The van der Waals surface area contributed by atoms with Gasteiger partial charge in [0.25, 0.3) is 5.91 Å². The third kappa shape index (κ3) is 2.72. The summed E-state index contributed by atoms with van der Waals surface area (Å²) in [6, 6.07) is 9.40. The van der Waals surface area contributed by atoms with Crippen molar-refractivity contribution in [3.05, 3.63) is 53.8 Å². The van der Waals surface area contributed by atoms with Crippen LogP contribution >= 0.6 is 11.3 Å². The first-order valence-electron chi connectivity index (χ1n) is 6.16. The average molecular weight is 315 g/mol. The number of carboxylic acids is 1. The molecule has 0 saturated heterocycles. The Bertz CT molecular complexity index is 826. The second-order valence-corrected chi connectivity index (χ2v) is 5.17. The summed E-state index contributed by atoms with van der Waals surface area (Å²) < 4.78 is 5.19. The van der Waals surface area contributed by atoms with E-state index in [1.165, 1.54) is 18.4 Å². The summed E-state index contributed by atoms with van der Waals surface area (Å²) in [7, 11) is 0. The fourth-order valence-electron chi connectivity index (χ4n) is 1.81. The molecule has 110 valence electrons. The average Bonchev–Trinajstić information content (AvgIpc) is 3.17. The van der Waals surface area contributed by atoms with Gasteiger partial charge < -0.3 is 9.52 Å². The maximum atomic E-state index is 12.2. The van der Waals surface area contributed by atoms with Crippen molar-refractivity contribution in [2.75, 3.05) is 5.32 Å². The van der Waals surface area contributed by atoms with E-state index in [4.69, 9.17) is 9.52 Å². The highest BCUT2D eigenvalue weighted by atomic mass is 32.1. The molecule has 2 N–H and O–H groups in total. The van der Waals surface area contributed by atoms with Gasteiger partial charge in [0.1, 0.15) is 0 Å². The van der Waals surface area contributed by atoms with Crippen LogP contribution in [0.15, 0.2) is 47.1 Å². The lowest BCUT2D eigenvalue weighted by atomic mass is 10.1. The van der Waals surface area contributed by atoms with Gasteiger partial charge in [0.2, 0.25) is 5.13 Å². The Labute approximate surface area is 128 Å². The molecule has 0 spiro atoms. The summed E-state index contributed by atoms with van der Waals surface area (Å²) in [4.78, 5) is 23.3. The van der Waals surface area contributed by atoms with Crippen LogP contribution in [0.2, 0.25) is 0 Å². The summed E-state index contributed by atoms with van der Waals surface area (Å²) in [6.45, 7) is 0. The third-order valence-electron chi connectivity index (χ3n) is 2.78. The van der Waals surface area contributed by atoms with E-state index in [2.05, 4.69) is 15.5 Å². The number of hydrogen-bond donors (Lipinski definition) is 2. The summed E-state index contributed by atoms with van der Waals surface area (Å²) in [5.74, 6) is -1.18. The molecule has 0 unspecified atom stereocenters. The maximum absolute atomic E-state index is 12.2. The molecule has 1 amide bonds. The zero-order valence-corrected chi connectivity index (χ0v) is 11.8. The molecule has 0 saturated carbocycles. The van der Waals surface area contributed by atoms with Crippen LogP contribution in [0.4, 0.5) is 5.13 Å². The van der Waals surface area contributed by atoms with Crippen LogP contribution in [0.25, 0.3) is 10.8 Å². The van der Waals surface area contributed by atoms with Gasteiger partial charge in [-0.3, -0.25) is 10.1 Å². The zero-order chi connectivity index (χ0) is 15.5. The van der Waals surface area contributed by atoms with Crippen LogP contribution in [0, 0.1) is 0 Å². The van der Waals surface area contributed by atoms with E-state index >= 15 is 0 Å². The number of nitrogens with zero attached hydrogens (tertiary/aromatic N) is 2. The van der Waals surface area contributed by atoms with Crippen LogP contribution in [0.5, 0.6) is 0 Å². The highest BCUT2D eigenvalue weighted by Crippen LogP contribution is 2.26. The van der Waals surface area contributed by atoms with Gasteiger partial charge in [0, 0.05) is 0 Å². The quantitative estimate of drug-likeness (QED) is 0.767. The van der Waals surface area contributed by atoms with Crippen molar-refractivity contribution in [1.29, 1.82) is 0 Å². The van der Waals surface area contributed by atoms with Gasteiger partial charge in [0.15, 0.2) is 10.8 Å². The SMILES string of the molecule is O=C(O)c1ccccc1C(=O)Nc1nnc(-c2ccco2)s1. The lowest BCUT2D eigenvalue weighted by Gasteiger charge is -2.04. The predicted octanol–water partition coefficient (Wildman–Crippen LogP) is 2.75. The molecule has 2 aromatic heterocycles. The first-order chi connectivity index (χ1) is 10.6. The summed E-state index contributed by atoms with van der Waals surface area (Å²) in [5, 5.41) is 20.2. The second-order valence-electron chi connectivity index (χ2n) is 4.19. The molecule has 0 bridgehead atoms. The first kappa shape index (κ1) is 14.0. The minimum absolute atomic E-state index is 0.0600. The molecule has 0 atom stereocenters. The van der Waals surface area contributed by atoms with E-state index in [1.54, 1.807) is 24.3 Å². The van der Waals surface area contributed by atoms with E-state index in [9.17, 15) is 9.59 Å². The molecule has 1 aromatic carbocycles. The fourth-order valence-corrected chi connectivity index (χ4v) is 2.51. The van der Waals surface area contributed by atoms with Gasteiger partial charge in [-0.1, -0.05) is 23.5 Å². The summed E-state index contributed by atoms with van der Waals surface area (Å²) in [5.41, 5.74) is -0.0134. The van der Waals surface area contributed by atoms with Gasteiger partial charge in [-0.25, -0.2) is 4.79 Å². The normalized spacial score (nSPS) is 10.4. The number of furan rings is 1. The number of carbonyl (C=O) groups is 2. The molecule has 8 heteroatoms. The number of aromatic carboxylic acids is 1. The molecular formula is C14H9N3O4S. The monoisotopic (exact) mass is 315 g/mol. The Morgan fingerprint density at radius 2 is 1.86 bits per heavy atom. The highest BCUT2D eigenvalue weighted by molar-refractivity contribution is 7.18. The van der Waals surface area contributed by atoms with Crippen LogP contribution in [0.3, 0.4) is 0 Å². The first-order valence-corrected chi connectivity index (χ1v) is 6.98. The van der Waals surface area contributed by atoms with Crippen LogP contribution in [-0.2, 0) is 0 Å². The summed E-state index contributed by atoms with van der Waals surface area (Å²) >= 11 is 1.13. The number of carboxylic acid groups (broad SMARTS) is 1. The summed E-state index contributed by atoms with van der Waals surface area (Å²) in [6.07, 6.45) is 1.51. The van der Waals surface area contributed by atoms with Gasteiger partial charge in [-0.05, 0) is 24.3 Å². The molecule has 0 fully saturated rings. The molecule has 7 nitrogen and oxygen atoms in total. The van der Waals surface area contributed by atoms with E-state index in [1.807, 2.05) is 0 Å². The fraction of sp³-hybridized carbons (Fsp3) is 0. The number of nitrogens with one attached hydrogen (secondary N) is 1. The standard InChI is InChI=1S/C14H9N3O4S/c18-11(8-4-1-2-5-9(8)13(19)20)15-14-17-16-12(22-14)10-6-3-7-21-10/h1-7H,(H,19,20)(H,15,17,18). The number of rotatable bonds is 4. The van der Waals surface area contributed by atoms with Gasteiger partial charge in [0.05, 0.1) is 17.4 Å². The Morgan fingerprint density at radius 3 is 2.55 bits per heavy atom. The van der Waals surface area contributed by atoms with Crippen LogP contribution in [-0.4, -0.2) is 27.2 Å². The molecule has 3 aromatic rings. The topological polar surface area (TPSA) is 105 Å². The molecule has 0 aliphatic heterocycles. The molecule has 22 heavy (non-hydrogen) atoms. The number of anilines is 1. The van der Waals surface area contributed by atoms with E-state index in [0.717, 1.165) is 11.3 Å². The second kappa shape index (κ2) is 5.78. The molecule has 3 rings (SSSR count). The molecule has 2 heterocycles. The van der Waals surface area contributed by atoms with Crippen molar-refractivity contribution < 1.29 is 19.1 Å². The van der Waals surface area contributed by atoms with E-state index < -0.39 is 11.9 Å². The Kier molecular flexibility index (Phi) is 3.67. The number of hydrogen-bond acceptors (Lipinski definition) is 6.